The fraction of sp³-hybridized carbons (Fsp3) is 0.417. The number of rotatable bonds is 5. The van der Waals surface area contributed by atoms with E-state index in [-0.39, 0.29) is 18.4 Å². The summed E-state index contributed by atoms with van der Waals surface area (Å²) in [5.74, 6) is -0.529. The number of anilines is 2. The molecule has 0 aliphatic carbocycles. The molecule has 33 heavy (non-hydrogen) atoms. The van der Waals surface area contributed by atoms with Gasteiger partial charge >= 0.3 is 0 Å². The Morgan fingerprint density at radius 3 is 2.67 bits per heavy atom. The average Bonchev–Trinajstić information content (AvgIpc) is 3.41. The van der Waals surface area contributed by atoms with Gasteiger partial charge in [-0.15, -0.1) is 11.3 Å². The van der Waals surface area contributed by atoms with Gasteiger partial charge in [0.1, 0.15) is 4.21 Å². The largest absolute Gasteiger partial charge is 0.371 e. The number of carbonyl (C=O) groups excluding carboxylic acids is 1. The van der Waals surface area contributed by atoms with Crippen molar-refractivity contribution in [3.8, 4) is 0 Å². The first kappa shape index (κ1) is 22.3. The van der Waals surface area contributed by atoms with E-state index in [0.717, 1.165) is 29.5 Å². The number of carbonyl (C=O) groups is 1. The number of thiophene rings is 1. The van der Waals surface area contributed by atoms with Crippen LogP contribution < -0.4 is 10.2 Å². The van der Waals surface area contributed by atoms with Crippen molar-refractivity contribution in [2.45, 2.75) is 36.3 Å². The van der Waals surface area contributed by atoms with Gasteiger partial charge < -0.3 is 10.2 Å². The van der Waals surface area contributed by atoms with E-state index in [1.807, 2.05) is 12.1 Å². The van der Waals surface area contributed by atoms with Crippen LogP contribution in [0.4, 0.5) is 11.4 Å². The van der Waals surface area contributed by atoms with Gasteiger partial charge in [-0.25, -0.2) is 8.42 Å². The Balaban J connectivity index is 1.36. The Labute approximate surface area is 198 Å². The zero-order valence-corrected chi connectivity index (χ0v) is 20.1. The van der Waals surface area contributed by atoms with E-state index in [2.05, 4.69) is 21.3 Å². The number of hydrogen-bond acceptors (Lipinski definition) is 6. The third-order valence-corrected chi connectivity index (χ3v) is 9.83. The number of nitrogens with zero attached hydrogens (tertiary/aromatic N) is 3. The van der Waals surface area contributed by atoms with Crippen LogP contribution in [0.25, 0.3) is 10.8 Å². The maximum Gasteiger partial charge on any atom is 0.252 e. The number of nitrogens with one attached hydrogen (secondary N) is 1. The van der Waals surface area contributed by atoms with E-state index in [4.69, 9.17) is 0 Å². The van der Waals surface area contributed by atoms with Crippen LogP contribution in [0.3, 0.4) is 0 Å². The standard InChI is InChI=1S/C24H28N4O3S2/c29-24(18-6-4-14-28(17-18)33(30,31)23-7-5-15-32-23)26-21-8-9-22(27-12-2-1-3-13-27)19-10-11-25-16-20(19)21/h5,7-11,15-16,18H,1-4,6,12-14,17H2,(H,26,29). The SMILES string of the molecule is O=C(Nc1ccc(N2CCCCC2)c2ccncc12)C1CCCN(S(=O)(=O)c2cccs2)C1. The molecule has 9 heteroatoms. The summed E-state index contributed by atoms with van der Waals surface area (Å²) in [7, 11) is -3.55. The molecule has 2 saturated heterocycles. The van der Waals surface area contributed by atoms with E-state index in [1.54, 1.807) is 29.9 Å². The van der Waals surface area contributed by atoms with Gasteiger partial charge in [0.2, 0.25) is 5.91 Å². The number of fused-ring (bicyclic) bond motifs is 1. The molecule has 1 amide bonds. The van der Waals surface area contributed by atoms with Gasteiger partial charge in [-0.05, 0) is 61.7 Å². The molecule has 1 atom stereocenters. The molecule has 1 aromatic carbocycles. The van der Waals surface area contributed by atoms with Gasteiger partial charge in [-0.1, -0.05) is 6.07 Å². The summed E-state index contributed by atoms with van der Waals surface area (Å²) in [5.41, 5.74) is 1.90. The van der Waals surface area contributed by atoms with Gasteiger partial charge in [-0.2, -0.15) is 4.31 Å². The lowest BCUT2D eigenvalue weighted by Crippen LogP contribution is -2.43. The minimum Gasteiger partial charge on any atom is -0.371 e. The molecule has 0 spiro atoms. The number of hydrogen-bond donors (Lipinski definition) is 1. The number of sulfonamides is 1. The summed E-state index contributed by atoms with van der Waals surface area (Å²) in [6, 6.07) is 9.39. The van der Waals surface area contributed by atoms with Gasteiger partial charge in [0.05, 0.1) is 11.6 Å². The number of amides is 1. The van der Waals surface area contributed by atoms with Crippen LogP contribution in [-0.2, 0) is 14.8 Å². The van der Waals surface area contributed by atoms with E-state index in [1.165, 1.54) is 40.6 Å². The number of benzene rings is 1. The highest BCUT2D eigenvalue weighted by Gasteiger charge is 2.34. The van der Waals surface area contributed by atoms with Crippen molar-refractivity contribution in [2.75, 3.05) is 36.4 Å². The van der Waals surface area contributed by atoms with Crippen molar-refractivity contribution >= 4 is 49.4 Å². The zero-order valence-electron chi connectivity index (χ0n) is 18.4. The van der Waals surface area contributed by atoms with Crippen molar-refractivity contribution in [1.82, 2.24) is 9.29 Å². The van der Waals surface area contributed by atoms with Crippen LogP contribution in [0.1, 0.15) is 32.1 Å². The molecular weight excluding hydrogens is 456 g/mol. The van der Waals surface area contributed by atoms with Gasteiger partial charge in [0.25, 0.3) is 10.0 Å². The van der Waals surface area contributed by atoms with Crippen LogP contribution in [0.15, 0.2) is 52.3 Å². The minimum atomic E-state index is -3.55. The van der Waals surface area contributed by atoms with Crippen molar-refractivity contribution < 1.29 is 13.2 Å². The van der Waals surface area contributed by atoms with E-state index < -0.39 is 10.0 Å². The highest BCUT2D eigenvalue weighted by atomic mass is 32.2. The topological polar surface area (TPSA) is 82.6 Å². The predicted molar refractivity (Wildman–Crippen MR) is 132 cm³/mol. The van der Waals surface area contributed by atoms with Gasteiger partial charge in [0, 0.05) is 55.0 Å². The lowest BCUT2D eigenvalue weighted by Gasteiger charge is -2.31. The van der Waals surface area contributed by atoms with Crippen LogP contribution >= 0.6 is 11.3 Å². The summed E-state index contributed by atoms with van der Waals surface area (Å²) >= 11 is 1.21. The lowest BCUT2D eigenvalue weighted by atomic mass is 9.98. The summed E-state index contributed by atoms with van der Waals surface area (Å²) in [6.07, 6.45) is 8.58. The van der Waals surface area contributed by atoms with Crippen molar-refractivity contribution in [2.24, 2.45) is 5.92 Å². The van der Waals surface area contributed by atoms with E-state index in [0.29, 0.717) is 23.6 Å². The maximum atomic E-state index is 13.2. The Morgan fingerprint density at radius 2 is 1.88 bits per heavy atom. The summed E-state index contributed by atoms with van der Waals surface area (Å²) in [6.45, 7) is 2.73. The second-order valence-electron chi connectivity index (χ2n) is 8.72. The number of pyridine rings is 1. The van der Waals surface area contributed by atoms with E-state index in [9.17, 15) is 13.2 Å². The first-order valence-electron chi connectivity index (χ1n) is 11.5. The highest BCUT2D eigenvalue weighted by Crippen LogP contribution is 2.34. The zero-order chi connectivity index (χ0) is 22.8. The average molecular weight is 485 g/mol. The Kier molecular flexibility index (Phi) is 6.36. The Morgan fingerprint density at radius 1 is 1.03 bits per heavy atom. The van der Waals surface area contributed by atoms with Crippen LogP contribution in [0.2, 0.25) is 0 Å². The quantitative estimate of drug-likeness (QED) is 0.583. The maximum absolute atomic E-state index is 13.2. The third kappa shape index (κ3) is 4.49. The first-order chi connectivity index (χ1) is 16.0. The smallest absolute Gasteiger partial charge is 0.252 e. The lowest BCUT2D eigenvalue weighted by molar-refractivity contribution is -0.120. The monoisotopic (exact) mass is 484 g/mol. The van der Waals surface area contributed by atoms with Gasteiger partial charge in [0.15, 0.2) is 0 Å². The molecule has 2 fully saturated rings. The van der Waals surface area contributed by atoms with Crippen molar-refractivity contribution in [3.05, 3.63) is 48.1 Å². The molecule has 0 bridgehead atoms. The molecule has 2 aliphatic rings. The van der Waals surface area contributed by atoms with Crippen LogP contribution in [0, 0.1) is 5.92 Å². The minimum absolute atomic E-state index is 0.142. The highest BCUT2D eigenvalue weighted by molar-refractivity contribution is 7.91. The molecule has 174 valence electrons. The predicted octanol–water partition coefficient (Wildman–Crippen LogP) is 4.33. The molecule has 0 saturated carbocycles. The van der Waals surface area contributed by atoms with Crippen LogP contribution in [0.5, 0.6) is 0 Å². The summed E-state index contributed by atoms with van der Waals surface area (Å²) in [4.78, 5) is 19.9. The Bertz CT molecular complexity index is 1240. The van der Waals surface area contributed by atoms with Crippen molar-refractivity contribution in [1.29, 1.82) is 0 Å². The molecule has 0 radical (unpaired) electrons. The second-order valence-corrected chi connectivity index (χ2v) is 11.8. The molecule has 2 aromatic heterocycles. The first-order valence-corrected chi connectivity index (χ1v) is 13.8. The molecule has 2 aliphatic heterocycles. The molecule has 1 N–H and O–H groups in total. The molecular formula is C24H28N4O3S2. The summed E-state index contributed by atoms with van der Waals surface area (Å²) < 4.78 is 27.6. The molecule has 1 unspecified atom stereocenters. The van der Waals surface area contributed by atoms with Gasteiger partial charge in [-0.3, -0.25) is 9.78 Å². The fourth-order valence-electron chi connectivity index (χ4n) is 4.84. The van der Waals surface area contributed by atoms with Crippen LogP contribution in [-0.4, -0.2) is 49.8 Å². The number of aromatic nitrogens is 1. The molecule has 5 rings (SSSR count). The molecule has 4 heterocycles. The normalized spacial score (nSPS) is 20.1. The molecule has 7 nitrogen and oxygen atoms in total. The fourth-order valence-corrected chi connectivity index (χ4v) is 7.51. The van der Waals surface area contributed by atoms with E-state index >= 15 is 0 Å². The number of piperidine rings is 2. The third-order valence-electron chi connectivity index (χ3n) is 6.59. The second kappa shape index (κ2) is 9.40. The summed E-state index contributed by atoms with van der Waals surface area (Å²) in [5, 5.41) is 6.82. The van der Waals surface area contributed by atoms with Crippen molar-refractivity contribution in [3.63, 3.8) is 0 Å². The molecule has 3 aromatic rings. The Hall–Kier alpha value is -2.49.